The Morgan fingerprint density at radius 3 is 2.55 bits per heavy atom. The van der Waals surface area contributed by atoms with Gasteiger partial charge in [0.15, 0.2) is 0 Å². The molecule has 2 rings (SSSR count). The Kier molecular flexibility index (Phi) is 4.63. The Bertz CT molecular complexity index is 601. The van der Waals surface area contributed by atoms with Crippen molar-refractivity contribution in [2.75, 3.05) is 0 Å². The molecule has 2 atom stereocenters. The Morgan fingerprint density at radius 2 is 1.90 bits per heavy atom. The molecule has 2 aromatic rings. The van der Waals surface area contributed by atoms with Crippen LogP contribution in [0.1, 0.15) is 24.2 Å². The molecule has 4 heteroatoms. The van der Waals surface area contributed by atoms with Crippen molar-refractivity contribution in [3.8, 4) is 5.75 Å². The minimum absolute atomic E-state index is 0.280. The Morgan fingerprint density at radius 1 is 1.20 bits per heavy atom. The van der Waals surface area contributed by atoms with E-state index in [4.69, 9.17) is 22.1 Å². The van der Waals surface area contributed by atoms with E-state index in [9.17, 15) is 4.39 Å². The van der Waals surface area contributed by atoms with Crippen LogP contribution in [0.25, 0.3) is 0 Å². The van der Waals surface area contributed by atoms with Gasteiger partial charge >= 0.3 is 0 Å². The molecule has 0 aliphatic carbocycles. The summed E-state index contributed by atoms with van der Waals surface area (Å²) in [6.07, 6.45) is -0.427. The Balaban J connectivity index is 2.36. The van der Waals surface area contributed by atoms with Crippen LogP contribution in [0, 0.1) is 12.7 Å². The van der Waals surface area contributed by atoms with Gasteiger partial charge < -0.3 is 10.5 Å². The van der Waals surface area contributed by atoms with Gasteiger partial charge in [0.25, 0.3) is 0 Å². The van der Waals surface area contributed by atoms with Crippen molar-refractivity contribution in [1.29, 1.82) is 0 Å². The van der Waals surface area contributed by atoms with Crippen molar-refractivity contribution in [2.24, 2.45) is 5.73 Å². The molecule has 2 N–H and O–H groups in total. The van der Waals surface area contributed by atoms with Crippen LogP contribution in [0.5, 0.6) is 5.75 Å². The van der Waals surface area contributed by atoms with E-state index in [-0.39, 0.29) is 11.9 Å². The Labute approximate surface area is 123 Å². The van der Waals surface area contributed by atoms with Crippen molar-refractivity contribution >= 4 is 11.6 Å². The zero-order valence-electron chi connectivity index (χ0n) is 11.4. The van der Waals surface area contributed by atoms with Crippen LogP contribution in [-0.2, 0) is 0 Å². The maximum absolute atomic E-state index is 13.3. The molecule has 2 aromatic carbocycles. The zero-order chi connectivity index (χ0) is 14.7. The molecule has 0 bridgehead atoms. The highest BCUT2D eigenvalue weighted by molar-refractivity contribution is 6.31. The molecule has 2 nitrogen and oxygen atoms in total. The molecule has 0 spiro atoms. The third kappa shape index (κ3) is 3.30. The van der Waals surface area contributed by atoms with Crippen molar-refractivity contribution in [3.63, 3.8) is 0 Å². The highest BCUT2D eigenvalue weighted by Crippen LogP contribution is 2.31. The molecule has 0 heterocycles. The molecule has 0 saturated carbocycles. The minimum atomic E-state index is -0.427. The molecule has 0 fully saturated rings. The lowest BCUT2D eigenvalue weighted by Gasteiger charge is -2.24. The second-order valence-electron chi connectivity index (χ2n) is 4.83. The van der Waals surface area contributed by atoms with Crippen molar-refractivity contribution in [2.45, 2.75) is 26.0 Å². The monoisotopic (exact) mass is 293 g/mol. The van der Waals surface area contributed by atoms with E-state index in [1.54, 1.807) is 12.1 Å². The summed E-state index contributed by atoms with van der Waals surface area (Å²) >= 11 is 6.19. The van der Waals surface area contributed by atoms with Gasteiger partial charge in [0.2, 0.25) is 0 Å². The van der Waals surface area contributed by atoms with E-state index in [1.165, 1.54) is 12.1 Å². The largest absolute Gasteiger partial charge is 0.484 e. The van der Waals surface area contributed by atoms with Crippen molar-refractivity contribution in [1.82, 2.24) is 0 Å². The first-order chi connectivity index (χ1) is 9.49. The van der Waals surface area contributed by atoms with E-state index in [0.717, 1.165) is 11.1 Å². The van der Waals surface area contributed by atoms with Gasteiger partial charge in [-0.2, -0.15) is 0 Å². The molecule has 20 heavy (non-hydrogen) atoms. The van der Waals surface area contributed by atoms with Crippen LogP contribution >= 0.6 is 11.6 Å². The van der Waals surface area contributed by atoms with E-state index in [1.807, 2.05) is 32.0 Å². The standard InChI is InChI=1S/C16H17ClFNO/c1-10-7-8-12(18)9-15(10)20-16(11(2)19)13-5-3-4-6-14(13)17/h3-9,11,16H,19H2,1-2H3. The first-order valence-electron chi connectivity index (χ1n) is 6.42. The van der Waals surface area contributed by atoms with Gasteiger partial charge in [-0.25, -0.2) is 4.39 Å². The van der Waals surface area contributed by atoms with Crippen LogP contribution in [-0.4, -0.2) is 6.04 Å². The SMILES string of the molecule is Cc1ccc(F)cc1OC(c1ccccc1Cl)C(C)N. The maximum Gasteiger partial charge on any atom is 0.140 e. The number of nitrogens with two attached hydrogens (primary N) is 1. The average molecular weight is 294 g/mol. The molecule has 2 unspecified atom stereocenters. The summed E-state index contributed by atoms with van der Waals surface area (Å²) in [5, 5.41) is 0.587. The highest BCUT2D eigenvalue weighted by atomic mass is 35.5. The summed E-state index contributed by atoms with van der Waals surface area (Å²) in [5.41, 5.74) is 7.65. The summed E-state index contributed by atoms with van der Waals surface area (Å²) in [6, 6.07) is 11.5. The molecule has 0 aliphatic rings. The van der Waals surface area contributed by atoms with Gasteiger partial charge in [0.05, 0.1) is 0 Å². The summed E-state index contributed by atoms with van der Waals surface area (Å²) < 4.78 is 19.2. The van der Waals surface area contributed by atoms with Gasteiger partial charge in [-0.1, -0.05) is 35.9 Å². The zero-order valence-corrected chi connectivity index (χ0v) is 12.2. The van der Waals surface area contributed by atoms with Gasteiger partial charge in [-0.15, -0.1) is 0 Å². The van der Waals surface area contributed by atoms with Gasteiger partial charge in [-0.05, 0) is 31.5 Å². The van der Waals surface area contributed by atoms with E-state index in [2.05, 4.69) is 0 Å². The lowest BCUT2D eigenvalue weighted by Crippen LogP contribution is -2.29. The quantitative estimate of drug-likeness (QED) is 0.914. The fraction of sp³-hybridized carbons (Fsp3) is 0.250. The third-order valence-electron chi connectivity index (χ3n) is 3.09. The molecule has 0 amide bonds. The second-order valence-corrected chi connectivity index (χ2v) is 5.24. The van der Waals surface area contributed by atoms with Gasteiger partial charge in [-0.3, -0.25) is 0 Å². The minimum Gasteiger partial charge on any atom is -0.484 e. The van der Waals surface area contributed by atoms with E-state index < -0.39 is 6.10 Å². The normalized spacial score (nSPS) is 13.8. The number of hydrogen-bond acceptors (Lipinski definition) is 2. The summed E-state index contributed by atoms with van der Waals surface area (Å²) in [7, 11) is 0. The average Bonchev–Trinajstić information content (AvgIpc) is 2.40. The number of hydrogen-bond donors (Lipinski definition) is 1. The third-order valence-corrected chi connectivity index (χ3v) is 3.44. The summed E-state index contributed by atoms with van der Waals surface area (Å²) in [6.45, 7) is 3.70. The van der Waals surface area contributed by atoms with Crippen LogP contribution in [0.15, 0.2) is 42.5 Å². The molecule has 0 radical (unpaired) electrons. The lowest BCUT2D eigenvalue weighted by atomic mass is 10.0. The van der Waals surface area contributed by atoms with Gasteiger partial charge in [0.1, 0.15) is 17.7 Å². The van der Waals surface area contributed by atoms with Gasteiger partial charge in [0, 0.05) is 22.7 Å². The first-order valence-corrected chi connectivity index (χ1v) is 6.79. The number of benzene rings is 2. The summed E-state index contributed by atoms with van der Waals surface area (Å²) in [4.78, 5) is 0. The van der Waals surface area contributed by atoms with E-state index in [0.29, 0.717) is 10.8 Å². The topological polar surface area (TPSA) is 35.2 Å². The molecule has 0 aliphatic heterocycles. The van der Waals surface area contributed by atoms with Crippen molar-refractivity contribution in [3.05, 3.63) is 64.4 Å². The predicted molar refractivity (Wildman–Crippen MR) is 79.6 cm³/mol. The second kappa shape index (κ2) is 6.25. The van der Waals surface area contributed by atoms with E-state index >= 15 is 0 Å². The van der Waals surface area contributed by atoms with Crippen LogP contribution in [0.4, 0.5) is 4.39 Å². The molecule has 0 aromatic heterocycles. The smallest absolute Gasteiger partial charge is 0.140 e. The maximum atomic E-state index is 13.3. The Hall–Kier alpha value is -1.58. The number of ether oxygens (including phenoxy) is 1. The number of aryl methyl sites for hydroxylation is 1. The first kappa shape index (κ1) is 14.8. The lowest BCUT2D eigenvalue weighted by molar-refractivity contribution is 0.178. The fourth-order valence-electron chi connectivity index (χ4n) is 2.00. The summed E-state index contributed by atoms with van der Waals surface area (Å²) in [5.74, 6) is 0.139. The van der Waals surface area contributed by atoms with Crippen molar-refractivity contribution < 1.29 is 9.13 Å². The van der Waals surface area contributed by atoms with Crippen LogP contribution in [0.3, 0.4) is 0 Å². The molecular weight excluding hydrogens is 277 g/mol. The molecule has 106 valence electrons. The highest BCUT2D eigenvalue weighted by Gasteiger charge is 2.21. The molecular formula is C16H17ClFNO. The van der Waals surface area contributed by atoms with Crippen LogP contribution < -0.4 is 10.5 Å². The fourth-order valence-corrected chi connectivity index (χ4v) is 2.24. The number of halogens is 2. The van der Waals surface area contributed by atoms with Crippen LogP contribution in [0.2, 0.25) is 5.02 Å². The predicted octanol–water partition coefficient (Wildman–Crippen LogP) is 4.25. The molecule has 0 saturated heterocycles. The number of rotatable bonds is 4.